The topological polar surface area (TPSA) is 81.7 Å². The molecule has 2 aromatic heterocycles. The Bertz CT molecular complexity index is 614. The largest absolute Gasteiger partial charge is 0.328 e. The molecular weight excluding hydrogens is 256 g/mol. The SMILES string of the molecule is CCc1nc2n(n1)CCC[C@@H]2Nc1nc(C2CC2)no1. The van der Waals surface area contributed by atoms with Gasteiger partial charge in [0.15, 0.2) is 11.6 Å². The molecule has 20 heavy (non-hydrogen) atoms. The van der Waals surface area contributed by atoms with Crippen molar-refractivity contribution in [1.82, 2.24) is 24.9 Å². The normalized spacial score (nSPS) is 21.8. The van der Waals surface area contributed by atoms with Crippen LogP contribution in [0.3, 0.4) is 0 Å². The van der Waals surface area contributed by atoms with Crippen LogP contribution in [0.4, 0.5) is 6.01 Å². The molecule has 1 aliphatic carbocycles. The Balaban J connectivity index is 1.55. The van der Waals surface area contributed by atoms with Crippen molar-refractivity contribution < 1.29 is 4.52 Å². The van der Waals surface area contributed by atoms with Gasteiger partial charge in [0.1, 0.15) is 5.82 Å². The first kappa shape index (κ1) is 11.9. The third-order valence-corrected chi connectivity index (χ3v) is 3.92. The molecule has 1 saturated carbocycles. The van der Waals surface area contributed by atoms with Crippen LogP contribution in [-0.2, 0) is 13.0 Å². The lowest BCUT2D eigenvalue weighted by Gasteiger charge is -2.21. The fourth-order valence-electron chi connectivity index (χ4n) is 2.64. The van der Waals surface area contributed by atoms with Crippen LogP contribution in [0.5, 0.6) is 0 Å². The van der Waals surface area contributed by atoms with Gasteiger partial charge in [-0.15, -0.1) is 0 Å². The van der Waals surface area contributed by atoms with Gasteiger partial charge < -0.3 is 9.84 Å². The minimum atomic E-state index is 0.115. The van der Waals surface area contributed by atoms with Gasteiger partial charge in [0, 0.05) is 18.9 Å². The predicted octanol–water partition coefficient (Wildman–Crippen LogP) is 2.05. The van der Waals surface area contributed by atoms with Crippen molar-refractivity contribution in [3.8, 4) is 0 Å². The van der Waals surface area contributed by atoms with Gasteiger partial charge in [-0.2, -0.15) is 10.1 Å². The lowest BCUT2D eigenvalue weighted by Crippen LogP contribution is -2.22. The smallest absolute Gasteiger partial charge is 0.322 e. The second kappa shape index (κ2) is 4.57. The van der Waals surface area contributed by atoms with Crippen LogP contribution in [0.2, 0.25) is 0 Å². The molecule has 0 saturated heterocycles. The number of fused-ring (bicyclic) bond motifs is 1. The monoisotopic (exact) mass is 274 g/mol. The first-order valence-electron chi connectivity index (χ1n) is 7.37. The first-order chi connectivity index (χ1) is 9.83. The molecule has 1 aliphatic heterocycles. The van der Waals surface area contributed by atoms with Crippen molar-refractivity contribution in [2.45, 2.75) is 57.5 Å². The van der Waals surface area contributed by atoms with Crippen LogP contribution in [0.1, 0.15) is 62.0 Å². The maximum Gasteiger partial charge on any atom is 0.322 e. The van der Waals surface area contributed by atoms with Crippen LogP contribution < -0.4 is 5.32 Å². The molecule has 7 nitrogen and oxygen atoms in total. The highest BCUT2D eigenvalue weighted by Crippen LogP contribution is 2.38. The zero-order valence-electron chi connectivity index (χ0n) is 11.5. The van der Waals surface area contributed by atoms with Crippen molar-refractivity contribution in [1.29, 1.82) is 0 Å². The third-order valence-electron chi connectivity index (χ3n) is 3.92. The van der Waals surface area contributed by atoms with E-state index in [0.29, 0.717) is 11.9 Å². The Labute approximate surface area is 116 Å². The van der Waals surface area contributed by atoms with Gasteiger partial charge >= 0.3 is 6.01 Å². The summed E-state index contributed by atoms with van der Waals surface area (Å²) in [4.78, 5) is 9.02. The van der Waals surface area contributed by atoms with Crippen LogP contribution in [0.15, 0.2) is 4.52 Å². The van der Waals surface area contributed by atoms with E-state index in [1.165, 1.54) is 12.8 Å². The Morgan fingerprint density at radius 2 is 2.20 bits per heavy atom. The summed E-state index contributed by atoms with van der Waals surface area (Å²) in [6.07, 6.45) is 5.32. The van der Waals surface area contributed by atoms with E-state index in [2.05, 4.69) is 32.5 Å². The summed E-state index contributed by atoms with van der Waals surface area (Å²) >= 11 is 0. The second-order valence-corrected chi connectivity index (χ2v) is 5.53. The molecule has 2 aliphatic rings. The van der Waals surface area contributed by atoms with E-state index in [9.17, 15) is 0 Å². The zero-order chi connectivity index (χ0) is 13.5. The number of rotatable bonds is 4. The Morgan fingerprint density at radius 3 is 3.00 bits per heavy atom. The summed E-state index contributed by atoms with van der Waals surface area (Å²) in [5.74, 6) is 3.23. The van der Waals surface area contributed by atoms with Gasteiger partial charge in [0.2, 0.25) is 0 Å². The van der Waals surface area contributed by atoms with Gasteiger partial charge in [-0.05, 0) is 25.7 Å². The van der Waals surface area contributed by atoms with Gasteiger partial charge in [-0.1, -0.05) is 12.1 Å². The van der Waals surface area contributed by atoms with E-state index in [0.717, 1.165) is 43.3 Å². The first-order valence-corrected chi connectivity index (χ1v) is 7.37. The average Bonchev–Trinajstić information content (AvgIpc) is 3.05. The molecule has 106 valence electrons. The fraction of sp³-hybridized carbons (Fsp3) is 0.692. The number of anilines is 1. The summed E-state index contributed by atoms with van der Waals surface area (Å²) in [6, 6.07) is 0.621. The molecular formula is C13H18N6O. The van der Waals surface area contributed by atoms with E-state index in [4.69, 9.17) is 4.52 Å². The van der Waals surface area contributed by atoms with E-state index in [-0.39, 0.29) is 6.04 Å². The molecule has 1 atom stereocenters. The predicted molar refractivity (Wildman–Crippen MR) is 71.3 cm³/mol. The number of hydrogen-bond donors (Lipinski definition) is 1. The number of nitrogens with one attached hydrogen (secondary N) is 1. The maximum atomic E-state index is 5.29. The van der Waals surface area contributed by atoms with Crippen LogP contribution >= 0.6 is 0 Å². The number of aromatic nitrogens is 5. The molecule has 0 aromatic carbocycles. The quantitative estimate of drug-likeness (QED) is 0.918. The molecule has 1 N–H and O–H groups in total. The van der Waals surface area contributed by atoms with E-state index < -0.39 is 0 Å². The molecule has 1 fully saturated rings. The van der Waals surface area contributed by atoms with Crippen LogP contribution in [0.25, 0.3) is 0 Å². The Morgan fingerprint density at radius 1 is 1.30 bits per heavy atom. The minimum absolute atomic E-state index is 0.115. The standard InChI is InChI=1S/C13H18N6O/c1-2-10-15-12-9(4-3-7-19(12)17-10)14-13-16-11(18-20-13)8-5-6-8/h8-9H,2-7H2,1H3,(H,14,16,18)/t9-/m0/s1. The third kappa shape index (κ3) is 2.07. The molecule has 4 rings (SSSR count). The fourth-order valence-corrected chi connectivity index (χ4v) is 2.64. The van der Waals surface area contributed by atoms with Crippen LogP contribution in [-0.4, -0.2) is 24.9 Å². The molecule has 0 bridgehead atoms. The highest BCUT2D eigenvalue weighted by molar-refractivity contribution is 5.25. The van der Waals surface area contributed by atoms with Crippen molar-refractivity contribution in [2.24, 2.45) is 0 Å². The average molecular weight is 274 g/mol. The van der Waals surface area contributed by atoms with Gasteiger partial charge in [0.05, 0.1) is 6.04 Å². The molecule has 3 heterocycles. The summed E-state index contributed by atoms with van der Waals surface area (Å²) in [6.45, 7) is 3.02. The summed E-state index contributed by atoms with van der Waals surface area (Å²) < 4.78 is 7.29. The minimum Gasteiger partial charge on any atom is -0.328 e. The number of aryl methyl sites for hydroxylation is 2. The summed E-state index contributed by atoms with van der Waals surface area (Å²) in [5, 5.41) is 11.8. The molecule has 0 radical (unpaired) electrons. The maximum absolute atomic E-state index is 5.29. The van der Waals surface area contributed by atoms with Crippen molar-refractivity contribution >= 4 is 6.01 Å². The zero-order valence-corrected chi connectivity index (χ0v) is 11.5. The van der Waals surface area contributed by atoms with E-state index in [1.54, 1.807) is 0 Å². The van der Waals surface area contributed by atoms with E-state index >= 15 is 0 Å². The van der Waals surface area contributed by atoms with Gasteiger partial charge in [0.25, 0.3) is 0 Å². The lowest BCUT2D eigenvalue weighted by molar-refractivity contribution is 0.398. The van der Waals surface area contributed by atoms with Crippen molar-refractivity contribution in [2.75, 3.05) is 5.32 Å². The van der Waals surface area contributed by atoms with Gasteiger partial charge in [-0.3, -0.25) is 0 Å². The van der Waals surface area contributed by atoms with E-state index in [1.807, 2.05) is 4.68 Å². The Hall–Kier alpha value is -1.92. The van der Waals surface area contributed by atoms with Crippen molar-refractivity contribution in [3.05, 3.63) is 17.5 Å². The molecule has 2 aromatic rings. The molecule has 0 amide bonds. The van der Waals surface area contributed by atoms with Crippen LogP contribution in [0, 0.1) is 0 Å². The number of nitrogens with zero attached hydrogens (tertiary/aromatic N) is 5. The Kier molecular flexibility index (Phi) is 2.71. The summed E-state index contributed by atoms with van der Waals surface area (Å²) in [5.41, 5.74) is 0. The van der Waals surface area contributed by atoms with Gasteiger partial charge in [-0.25, -0.2) is 9.67 Å². The summed E-state index contributed by atoms with van der Waals surface area (Å²) in [7, 11) is 0. The molecule has 0 unspecified atom stereocenters. The highest BCUT2D eigenvalue weighted by Gasteiger charge is 2.30. The number of hydrogen-bond acceptors (Lipinski definition) is 6. The molecule has 7 heteroatoms. The molecule has 0 spiro atoms. The highest BCUT2D eigenvalue weighted by atomic mass is 16.5. The second-order valence-electron chi connectivity index (χ2n) is 5.53. The lowest BCUT2D eigenvalue weighted by atomic mass is 10.1. The van der Waals surface area contributed by atoms with Crippen molar-refractivity contribution in [3.63, 3.8) is 0 Å².